The Kier molecular flexibility index (Phi) is 5.69. The highest BCUT2D eigenvalue weighted by atomic mass is 35.5. The van der Waals surface area contributed by atoms with Gasteiger partial charge in [-0.05, 0) is 55.1 Å². The first-order valence-electron chi connectivity index (χ1n) is 7.88. The summed E-state index contributed by atoms with van der Waals surface area (Å²) in [4.78, 5) is 14.0. The van der Waals surface area contributed by atoms with Gasteiger partial charge < -0.3 is 0 Å². The van der Waals surface area contributed by atoms with Crippen molar-refractivity contribution >= 4 is 50.5 Å². The van der Waals surface area contributed by atoms with Crippen LogP contribution in [-0.4, -0.2) is 30.9 Å². The number of carbonyl (C=O) groups excluding carboxylic acids is 1. The first-order valence-corrected chi connectivity index (χ1v) is 10.5. The molecule has 3 rings (SSSR count). The Bertz CT molecular complexity index is 1050. The fraction of sp³-hybridized carbons (Fsp3) is 0.111. The number of likely N-dealkylation sites (N-methyl/N-ethyl adjacent to an activating group) is 1. The van der Waals surface area contributed by atoms with Gasteiger partial charge in [0.15, 0.2) is 5.17 Å². The van der Waals surface area contributed by atoms with Crippen molar-refractivity contribution in [3.8, 4) is 0 Å². The maximum atomic E-state index is 13.9. The van der Waals surface area contributed by atoms with E-state index in [9.17, 15) is 17.6 Å². The second-order valence-corrected chi connectivity index (χ2v) is 8.53. The Balaban J connectivity index is 1.98. The molecule has 1 aliphatic heterocycles. The van der Waals surface area contributed by atoms with Crippen LogP contribution in [0.1, 0.15) is 12.5 Å². The number of sulfonamides is 1. The second-order valence-electron chi connectivity index (χ2n) is 5.48. The van der Waals surface area contributed by atoms with Crippen molar-refractivity contribution in [1.29, 1.82) is 0 Å². The monoisotopic (exact) mass is 424 g/mol. The number of carbonyl (C=O) groups is 1. The lowest BCUT2D eigenvalue weighted by molar-refractivity contribution is -0.122. The minimum absolute atomic E-state index is 0.0278. The first-order chi connectivity index (χ1) is 12.8. The van der Waals surface area contributed by atoms with E-state index >= 15 is 0 Å². The summed E-state index contributed by atoms with van der Waals surface area (Å²) in [6.45, 7) is 1.93. The number of hydrogen-bond acceptors (Lipinski definition) is 4. The lowest BCUT2D eigenvalue weighted by atomic mass is 10.2. The zero-order chi connectivity index (χ0) is 19.6. The SMILES string of the molecule is CCN1C(=O)/C(=C/c2ccccc2F)S/C1=N\S(=O)(=O)c1ccc(Cl)cc1. The quantitative estimate of drug-likeness (QED) is 0.691. The van der Waals surface area contributed by atoms with Crippen molar-refractivity contribution in [2.45, 2.75) is 11.8 Å². The van der Waals surface area contributed by atoms with Crippen LogP contribution in [0.4, 0.5) is 4.39 Å². The van der Waals surface area contributed by atoms with E-state index in [-0.39, 0.29) is 27.1 Å². The molecule has 0 saturated carbocycles. The molecule has 2 aromatic rings. The predicted octanol–water partition coefficient (Wildman–Crippen LogP) is 4.16. The van der Waals surface area contributed by atoms with E-state index in [1.54, 1.807) is 19.1 Å². The van der Waals surface area contributed by atoms with Gasteiger partial charge in [-0.15, -0.1) is 4.40 Å². The molecule has 0 aliphatic carbocycles. The third-order valence-electron chi connectivity index (χ3n) is 3.71. The highest BCUT2D eigenvalue weighted by Gasteiger charge is 2.34. The molecule has 0 N–H and O–H groups in total. The molecule has 1 heterocycles. The summed E-state index contributed by atoms with van der Waals surface area (Å²) in [5.74, 6) is -0.892. The molecule has 2 aromatic carbocycles. The summed E-state index contributed by atoms with van der Waals surface area (Å²) in [6.07, 6.45) is 1.39. The third-order valence-corrected chi connectivity index (χ3v) is 6.36. The molecule has 1 amide bonds. The molecule has 5 nitrogen and oxygen atoms in total. The van der Waals surface area contributed by atoms with Crippen molar-refractivity contribution in [1.82, 2.24) is 4.90 Å². The van der Waals surface area contributed by atoms with Gasteiger partial charge in [0.25, 0.3) is 15.9 Å². The molecule has 0 bridgehead atoms. The van der Waals surface area contributed by atoms with Crippen molar-refractivity contribution in [3.63, 3.8) is 0 Å². The van der Waals surface area contributed by atoms with Gasteiger partial charge in [0.05, 0.1) is 9.80 Å². The highest BCUT2D eigenvalue weighted by molar-refractivity contribution is 8.19. The molecule has 9 heteroatoms. The van der Waals surface area contributed by atoms with Gasteiger partial charge in [0.1, 0.15) is 5.82 Å². The lowest BCUT2D eigenvalue weighted by Crippen LogP contribution is -2.29. The van der Waals surface area contributed by atoms with Crippen LogP contribution in [0.2, 0.25) is 5.02 Å². The van der Waals surface area contributed by atoms with Crippen LogP contribution in [0.25, 0.3) is 6.08 Å². The number of amidine groups is 1. The Hall–Kier alpha value is -2.16. The Morgan fingerprint density at radius 2 is 1.85 bits per heavy atom. The molecule has 1 saturated heterocycles. The average Bonchev–Trinajstić information content (AvgIpc) is 2.91. The van der Waals surface area contributed by atoms with Crippen molar-refractivity contribution in [2.75, 3.05) is 6.54 Å². The summed E-state index contributed by atoms with van der Waals surface area (Å²) in [5.41, 5.74) is 0.242. The molecule has 0 radical (unpaired) electrons. The van der Waals surface area contributed by atoms with E-state index in [0.29, 0.717) is 5.02 Å². The number of nitrogens with zero attached hydrogens (tertiary/aromatic N) is 2. The molecule has 0 spiro atoms. The number of hydrogen-bond donors (Lipinski definition) is 0. The van der Waals surface area contributed by atoms with Gasteiger partial charge in [-0.1, -0.05) is 29.8 Å². The zero-order valence-electron chi connectivity index (χ0n) is 14.1. The smallest absolute Gasteiger partial charge is 0.284 e. The van der Waals surface area contributed by atoms with Crippen molar-refractivity contribution < 1.29 is 17.6 Å². The van der Waals surface area contributed by atoms with E-state index in [4.69, 9.17) is 11.6 Å². The maximum absolute atomic E-state index is 13.9. The Morgan fingerprint density at radius 3 is 2.48 bits per heavy atom. The van der Waals surface area contributed by atoms with Crippen LogP contribution in [-0.2, 0) is 14.8 Å². The van der Waals surface area contributed by atoms with Crippen LogP contribution in [0.15, 0.2) is 62.7 Å². The number of thioether (sulfide) groups is 1. The average molecular weight is 425 g/mol. The van der Waals surface area contributed by atoms with E-state index in [1.807, 2.05) is 0 Å². The van der Waals surface area contributed by atoms with Crippen LogP contribution in [0.5, 0.6) is 0 Å². The molecule has 1 fully saturated rings. The molecule has 140 valence electrons. The van der Waals surface area contributed by atoms with E-state index in [2.05, 4.69) is 4.40 Å². The fourth-order valence-electron chi connectivity index (χ4n) is 2.35. The summed E-state index contributed by atoms with van der Waals surface area (Å²) in [6, 6.07) is 11.6. The van der Waals surface area contributed by atoms with Crippen molar-refractivity contribution in [2.24, 2.45) is 4.40 Å². The fourth-order valence-corrected chi connectivity index (χ4v) is 4.71. The molecule has 1 aliphatic rings. The molecule has 0 unspecified atom stereocenters. The van der Waals surface area contributed by atoms with Crippen LogP contribution in [0.3, 0.4) is 0 Å². The number of halogens is 2. The molecule has 0 aromatic heterocycles. The maximum Gasteiger partial charge on any atom is 0.284 e. The number of benzene rings is 2. The Morgan fingerprint density at radius 1 is 1.19 bits per heavy atom. The van der Waals surface area contributed by atoms with Gasteiger partial charge in [-0.3, -0.25) is 9.69 Å². The summed E-state index contributed by atoms with van der Waals surface area (Å²) in [7, 11) is -4.02. The zero-order valence-corrected chi connectivity index (χ0v) is 16.5. The van der Waals surface area contributed by atoms with Gasteiger partial charge in [0.2, 0.25) is 0 Å². The normalized spacial score (nSPS) is 17.9. The van der Waals surface area contributed by atoms with Crippen molar-refractivity contribution in [3.05, 3.63) is 69.8 Å². The molecule has 0 atom stereocenters. The Labute approximate surface area is 165 Å². The van der Waals surface area contributed by atoms with E-state index < -0.39 is 21.7 Å². The predicted molar refractivity (Wildman–Crippen MR) is 105 cm³/mol. The van der Waals surface area contributed by atoms with Crippen LogP contribution >= 0.6 is 23.4 Å². The minimum atomic E-state index is -4.02. The van der Waals surface area contributed by atoms with Crippen LogP contribution < -0.4 is 0 Å². The van der Waals surface area contributed by atoms with Gasteiger partial charge in [-0.2, -0.15) is 8.42 Å². The second kappa shape index (κ2) is 7.84. The summed E-state index contributed by atoms with van der Waals surface area (Å²) < 4.78 is 42.7. The van der Waals surface area contributed by atoms with E-state index in [1.165, 1.54) is 47.4 Å². The topological polar surface area (TPSA) is 66.8 Å². The highest BCUT2D eigenvalue weighted by Crippen LogP contribution is 2.34. The lowest BCUT2D eigenvalue weighted by Gasteiger charge is -2.11. The molecule has 27 heavy (non-hydrogen) atoms. The summed E-state index contributed by atoms with van der Waals surface area (Å²) in [5, 5.41) is 0.428. The van der Waals surface area contributed by atoms with Gasteiger partial charge in [-0.25, -0.2) is 4.39 Å². The van der Waals surface area contributed by atoms with Gasteiger partial charge >= 0.3 is 0 Å². The number of rotatable bonds is 4. The minimum Gasteiger partial charge on any atom is -0.286 e. The molecular formula is C18H14ClFN2O3S2. The third kappa shape index (κ3) is 4.23. The molecular weight excluding hydrogens is 411 g/mol. The summed E-state index contributed by atoms with van der Waals surface area (Å²) >= 11 is 6.68. The standard InChI is InChI=1S/C18H14ClFN2O3S2/c1-2-22-17(23)16(11-12-5-3-4-6-15(12)20)26-18(22)21-27(24,25)14-9-7-13(19)8-10-14/h3-11H,2H2,1H3/b16-11-,21-18-. The first kappa shape index (κ1) is 19.6. The van der Waals surface area contributed by atoms with Gasteiger partial charge in [0, 0.05) is 17.1 Å². The number of amides is 1. The van der Waals surface area contributed by atoms with Crippen LogP contribution in [0, 0.1) is 5.82 Å². The van der Waals surface area contributed by atoms with E-state index in [0.717, 1.165) is 11.8 Å². The largest absolute Gasteiger partial charge is 0.286 e.